The number of benzene rings is 1. The lowest BCUT2D eigenvalue weighted by molar-refractivity contribution is -0.115. The fourth-order valence-electron chi connectivity index (χ4n) is 5.06. The highest BCUT2D eigenvalue weighted by Crippen LogP contribution is 2.34. The molecule has 190 valence electrons. The van der Waals surface area contributed by atoms with Gasteiger partial charge in [-0.25, -0.2) is 0 Å². The summed E-state index contributed by atoms with van der Waals surface area (Å²) >= 11 is 0. The maximum atomic E-state index is 12.4. The summed E-state index contributed by atoms with van der Waals surface area (Å²) < 4.78 is 5.69. The van der Waals surface area contributed by atoms with E-state index in [2.05, 4.69) is 69.6 Å². The Kier molecular flexibility index (Phi) is 7.51. The van der Waals surface area contributed by atoms with Crippen molar-refractivity contribution in [3.8, 4) is 6.01 Å². The first-order chi connectivity index (χ1) is 17.6. The van der Waals surface area contributed by atoms with Crippen LogP contribution in [0.5, 0.6) is 6.01 Å². The molecule has 2 aliphatic heterocycles. The van der Waals surface area contributed by atoms with Crippen molar-refractivity contribution in [1.29, 1.82) is 0 Å². The number of allylic oxidation sites excluding steroid dienone is 3. The summed E-state index contributed by atoms with van der Waals surface area (Å²) in [5.74, 6) is 1.30. The molecule has 1 atom stereocenters. The zero-order valence-corrected chi connectivity index (χ0v) is 21.1. The normalized spacial score (nSPS) is 19.7. The van der Waals surface area contributed by atoms with Gasteiger partial charge in [-0.05, 0) is 61.4 Å². The van der Waals surface area contributed by atoms with E-state index in [4.69, 9.17) is 10.5 Å². The first-order valence-corrected chi connectivity index (χ1v) is 13.1. The van der Waals surface area contributed by atoms with Crippen LogP contribution in [0.1, 0.15) is 50.2 Å². The Hall–Kier alpha value is -3.39. The molecule has 1 saturated heterocycles. The van der Waals surface area contributed by atoms with E-state index >= 15 is 0 Å². The van der Waals surface area contributed by atoms with Crippen LogP contribution in [0.25, 0.3) is 5.57 Å². The van der Waals surface area contributed by atoms with Crippen molar-refractivity contribution in [3.05, 3.63) is 53.6 Å². The van der Waals surface area contributed by atoms with Gasteiger partial charge in [0.25, 0.3) is 0 Å². The molecule has 0 bridgehead atoms. The average Bonchev–Trinajstić information content (AvgIpc) is 3.39. The smallest absolute Gasteiger partial charge is 0.320 e. The molecule has 1 unspecified atom stereocenters. The zero-order chi connectivity index (χ0) is 24.9. The van der Waals surface area contributed by atoms with E-state index in [0.29, 0.717) is 30.6 Å². The lowest BCUT2D eigenvalue weighted by Crippen LogP contribution is -2.39. The van der Waals surface area contributed by atoms with Crippen LogP contribution >= 0.6 is 0 Å². The first kappa shape index (κ1) is 24.3. The number of rotatable bonds is 9. The average molecular weight is 489 g/mol. The molecule has 0 saturated carbocycles. The van der Waals surface area contributed by atoms with Crippen molar-refractivity contribution in [2.45, 2.75) is 45.6 Å². The molecule has 2 aromatic rings. The van der Waals surface area contributed by atoms with Gasteiger partial charge < -0.3 is 25.6 Å². The second-order valence-corrected chi connectivity index (χ2v) is 9.92. The van der Waals surface area contributed by atoms with E-state index in [9.17, 15) is 4.79 Å². The van der Waals surface area contributed by atoms with Crippen molar-refractivity contribution in [3.63, 3.8) is 0 Å². The fraction of sp³-hybridized carbons (Fsp3) is 0.464. The van der Waals surface area contributed by atoms with Crippen LogP contribution in [0.15, 0.2) is 42.5 Å². The number of aromatic nitrogens is 2. The van der Waals surface area contributed by atoms with E-state index < -0.39 is 0 Å². The molecule has 3 N–H and O–H groups in total. The summed E-state index contributed by atoms with van der Waals surface area (Å²) in [5.41, 5.74) is 10.2. The highest BCUT2D eigenvalue weighted by Gasteiger charge is 2.27. The predicted octanol–water partition coefficient (Wildman–Crippen LogP) is 4.25. The quantitative estimate of drug-likeness (QED) is 0.509. The summed E-state index contributed by atoms with van der Waals surface area (Å²) in [7, 11) is 0. The van der Waals surface area contributed by atoms with Gasteiger partial charge in [0.15, 0.2) is 11.6 Å². The minimum absolute atomic E-state index is 0.130. The molecule has 1 aliphatic carbocycles. The molecule has 8 heteroatoms. The fourth-order valence-corrected chi connectivity index (χ4v) is 5.06. The Bertz CT molecular complexity index is 1140. The second-order valence-electron chi connectivity index (χ2n) is 9.92. The highest BCUT2D eigenvalue weighted by atomic mass is 16.5. The number of ether oxygens (including phenoxy) is 1. The molecule has 1 aromatic carbocycles. The Morgan fingerprint density at radius 1 is 1.17 bits per heavy atom. The molecule has 1 aromatic heterocycles. The summed E-state index contributed by atoms with van der Waals surface area (Å²) in [6.45, 7) is 7.04. The van der Waals surface area contributed by atoms with Crippen LogP contribution in [0.4, 0.5) is 17.3 Å². The van der Waals surface area contributed by atoms with Gasteiger partial charge in [0.1, 0.15) is 5.69 Å². The van der Waals surface area contributed by atoms with E-state index in [1.165, 1.54) is 43.6 Å². The number of nitrogens with zero attached hydrogens (tertiary/aromatic N) is 4. The summed E-state index contributed by atoms with van der Waals surface area (Å²) in [4.78, 5) is 25.7. The molecule has 5 rings (SSSR count). The van der Waals surface area contributed by atoms with Crippen molar-refractivity contribution >= 4 is 28.8 Å². The third-order valence-electron chi connectivity index (χ3n) is 7.07. The highest BCUT2D eigenvalue weighted by molar-refractivity contribution is 6.03. The third-order valence-corrected chi connectivity index (χ3v) is 7.07. The zero-order valence-electron chi connectivity index (χ0n) is 21.1. The Labute approximate surface area is 213 Å². The SMILES string of the molecule is CCCCOc1nc(N)c2c(n1)N(Cc1ccc(C3=CCC(CN4CCCC4)C=C3)cc1)CC(=O)N2. The van der Waals surface area contributed by atoms with Crippen molar-refractivity contribution in [2.24, 2.45) is 5.92 Å². The number of amides is 1. The lowest BCUT2D eigenvalue weighted by Gasteiger charge is -2.30. The first-order valence-electron chi connectivity index (χ1n) is 13.1. The molecule has 3 heterocycles. The molecule has 36 heavy (non-hydrogen) atoms. The standard InChI is InChI=1S/C28H36N6O2/c1-2-3-16-36-28-31-26(29)25-27(32-28)34(19-24(35)30-25)18-21-8-12-23(13-9-21)22-10-6-20(7-11-22)17-33-14-4-5-15-33/h6,8-13,20H,2-5,7,14-19H2,1H3,(H,30,35)(H2,29,31,32). The monoisotopic (exact) mass is 488 g/mol. The van der Waals surface area contributed by atoms with Gasteiger partial charge in [-0.2, -0.15) is 9.97 Å². The van der Waals surface area contributed by atoms with Crippen molar-refractivity contribution in [2.75, 3.05) is 48.7 Å². The van der Waals surface area contributed by atoms with Crippen LogP contribution in [0.3, 0.4) is 0 Å². The molecule has 3 aliphatic rings. The number of hydrogen-bond acceptors (Lipinski definition) is 7. The number of nitrogens with two attached hydrogens (primary N) is 1. The van der Waals surface area contributed by atoms with Crippen LogP contribution in [0.2, 0.25) is 0 Å². The van der Waals surface area contributed by atoms with Gasteiger partial charge in [0, 0.05) is 13.1 Å². The Morgan fingerprint density at radius 3 is 2.69 bits per heavy atom. The third kappa shape index (κ3) is 5.70. The number of unbranched alkanes of at least 4 members (excludes halogenated alkanes) is 1. The molecule has 8 nitrogen and oxygen atoms in total. The number of hydrogen-bond donors (Lipinski definition) is 2. The van der Waals surface area contributed by atoms with E-state index in [1.807, 2.05) is 4.90 Å². The Balaban J connectivity index is 1.25. The molecular weight excluding hydrogens is 452 g/mol. The molecule has 0 radical (unpaired) electrons. The van der Waals surface area contributed by atoms with Crippen LogP contribution < -0.4 is 20.7 Å². The molecule has 1 amide bonds. The largest absolute Gasteiger partial charge is 0.463 e. The van der Waals surface area contributed by atoms with Gasteiger partial charge in [-0.1, -0.05) is 55.8 Å². The van der Waals surface area contributed by atoms with Crippen molar-refractivity contribution in [1.82, 2.24) is 14.9 Å². The second kappa shape index (κ2) is 11.1. The number of nitrogens with one attached hydrogen (secondary N) is 1. The lowest BCUT2D eigenvalue weighted by atomic mass is 9.92. The molecule has 1 fully saturated rings. The van der Waals surface area contributed by atoms with Gasteiger partial charge in [-0.3, -0.25) is 4.79 Å². The van der Waals surface area contributed by atoms with Crippen LogP contribution in [0, 0.1) is 5.92 Å². The minimum Gasteiger partial charge on any atom is -0.463 e. The van der Waals surface area contributed by atoms with Gasteiger partial charge >= 0.3 is 6.01 Å². The van der Waals surface area contributed by atoms with Gasteiger partial charge in [0.2, 0.25) is 5.91 Å². The minimum atomic E-state index is -0.130. The van der Waals surface area contributed by atoms with Gasteiger partial charge in [-0.15, -0.1) is 0 Å². The predicted molar refractivity (Wildman–Crippen MR) is 144 cm³/mol. The maximum Gasteiger partial charge on any atom is 0.320 e. The topological polar surface area (TPSA) is 96.6 Å². The number of fused-ring (bicyclic) bond motifs is 1. The molecule has 0 spiro atoms. The number of anilines is 3. The van der Waals surface area contributed by atoms with Crippen LogP contribution in [-0.2, 0) is 11.3 Å². The van der Waals surface area contributed by atoms with E-state index in [0.717, 1.165) is 24.8 Å². The van der Waals surface area contributed by atoms with Gasteiger partial charge in [0.05, 0.1) is 13.2 Å². The number of carbonyl (C=O) groups is 1. The maximum absolute atomic E-state index is 12.4. The molecular formula is C28H36N6O2. The summed E-state index contributed by atoms with van der Waals surface area (Å²) in [5, 5.41) is 2.81. The Morgan fingerprint density at radius 2 is 1.97 bits per heavy atom. The van der Waals surface area contributed by atoms with E-state index in [1.54, 1.807) is 0 Å². The van der Waals surface area contributed by atoms with E-state index in [-0.39, 0.29) is 24.3 Å². The number of carbonyl (C=O) groups excluding carboxylic acids is 1. The number of likely N-dealkylation sites (tertiary alicyclic amines) is 1. The van der Waals surface area contributed by atoms with Crippen molar-refractivity contribution < 1.29 is 9.53 Å². The summed E-state index contributed by atoms with van der Waals surface area (Å²) in [6, 6.07) is 8.80. The number of nitrogen functional groups attached to an aromatic ring is 1. The summed E-state index contributed by atoms with van der Waals surface area (Å²) in [6.07, 6.45) is 12.7. The van der Waals surface area contributed by atoms with Crippen LogP contribution in [-0.4, -0.2) is 53.6 Å².